The van der Waals surface area contributed by atoms with Crippen molar-refractivity contribution < 1.29 is 4.79 Å². The third-order valence-corrected chi connectivity index (χ3v) is 7.54. The largest absolute Gasteiger partial charge is 0.348 e. The van der Waals surface area contributed by atoms with Crippen LogP contribution in [0.15, 0.2) is 30.6 Å². The van der Waals surface area contributed by atoms with Gasteiger partial charge in [-0.15, -0.1) is 0 Å². The number of carbonyl (C=O) groups is 1. The summed E-state index contributed by atoms with van der Waals surface area (Å²) in [5.41, 5.74) is 3.62. The maximum atomic E-state index is 11.3. The number of nitrogens with zero attached hydrogens (tertiary/aromatic N) is 5. The van der Waals surface area contributed by atoms with Gasteiger partial charge in [0.05, 0.1) is 16.6 Å². The van der Waals surface area contributed by atoms with Crippen molar-refractivity contribution >= 4 is 32.5 Å². The SMILES string of the molecule is CC(=O)Cc1ccc(-c2cc3sc(N4CCC(N5CCCCC5)CC4)nc3cn2)cn1. The summed E-state index contributed by atoms with van der Waals surface area (Å²) in [5.74, 6) is 0.122. The lowest BCUT2D eigenvalue weighted by atomic mass is 10.0. The lowest BCUT2D eigenvalue weighted by Gasteiger charge is -2.40. The van der Waals surface area contributed by atoms with Crippen LogP contribution in [0.2, 0.25) is 0 Å². The number of piperidine rings is 2. The van der Waals surface area contributed by atoms with Crippen molar-refractivity contribution in [3.63, 3.8) is 0 Å². The van der Waals surface area contributed by atoms with Gasteiger partial charge < -0.3 is 9.80 Å². The Morgan fingerprint density at radius 2 is 1.87 bits per heavy atom. The van der Waals surface area contributed by atoms with Gasteiger partial charge in [0.15, 0.2) is 5.13 Å². The van der Waals surface area contributed by atoms with Gasteiger partial charge in [-0.3, -0.25) is 14.8 Å². The van der Waals surface area contributed by atoms with Crippen LogP contribution in [0.4, 0.5) is 5.13 Å². The van der Waals surface area contributed by atoms with E-state index < -0.39 is 0 Å². The number of hydrogen-bond acceptors (Lipinski definition) is 7. The molecule has 0 radical (unpaired) electrons. The highest BCUT2D eigenvalue weighted by Gasteiger charge is 2.26. The first-order valence-electron chi connectivity index (χ1n) is 11.4. The summed E-state index contributed by atoms with van der Waals surface area (Å²) in [6.45, 7) is 6.32. The van der Waals surface area contributed by atoms with Gasteiger partial charge in [0, 0.05) is 43.0 Å². The Balaban J connectivity index is 1.28. The molecule has 2 aliphatic rings. The van der Waals surface area contributed by atoms with Crippen molar-refractivity contribution in [2.75, 3.05) is 31.1 Å². The zero-order valence-corrected chi connectivity index (χ0v) is 18.9. The normalized spacial score (nSPS) is 18.5. The van der Waals surface area contributed by atoms with Gasteiger partial charge in [-0.2, -0.15) is 0 Å². The van der Waals surface area contributed by atoms with Gasteiger partial charge in [-0.05, 0) is 63.9 Å². The number of hydrogen-bond donors (Lipinski definition) is 0. The van der Waals surface area contributed by atoms with Gasteiger partial charge in [-0.1, -0.05) is 17.8 Å². The number of Topliss-reactive ketones (excluding diaryl/α,β-unsaturated/α-hetero) is 1. The van der Waals surface area contributed by atoms with Gasteiger partial charge in [0.2, 0.25) is 0 Å². The minimum absolute atomic E-state index is 0.122. The average Bonchev–Trinajstić information content (AvgIpc) is 3.23. The van der Waals surface area contributed by atoms with E-state index in [1.165, 1.54) is 45.2 Å². The number of aromatic nitrogens is 3. The van der Waals surface area contributed by atoms with Crippen LogP contribution in [-0.2, 0) is 11.2 Å². The molecule has 2 fully saturated rings. The van der Waals surface area contributed by atoms with Crippen LogP contribution in [0.25, 0.3) is 21.5 Å². The first kappa shape index (κ1) is 20.5. The fourth-order valence-corrected chi connectivity index (χ4v) is 5.78. The second kappa shape index (κ2) is 9.01. The summed E-state index contributed by atoms with van der Waals surface area (Å²) in [6.07, 6.45) is 10.6. The smallest absolute Gasteiger partial charge is 0.186 e. The van der Waals surface area contributed by atoms with Crippen molar-refractivity contribution in [3.05, 3.63) is 36.3 Å². The monoisotopic (exact) mass is 435 g/mol. The predicted octanol–water partition coefficient (Wildman–Crippen LogP) is 4.34. The number of thiazole rings is 1. The van der Waals surface area contributed by atoms with Crippen LogP contribution in [0.3, 0.4) is 0 Å². The summed E-state index contributed by atoms with van der Waals surface area (Å²) in [5, 5.41) is 1.11. The Morgan fingerprint density at radius 1 is 1.06 bits per heavy atom. The predicted molar refractivity (Wildman–Crippen MR) is 126 cm³/mol. The lowest BCUT2D eigenvalue weighted by molar-refractivity contribution is -0.116. The fourth-order valence-electron chi connectivity index (χ4n) is 4.75. The van der Waals surface area contributed by atoms with Gasteiger partial charge in [0.1, 0.15) is 11.3 Å². The number of rotatable bonds is 5. The molecule has 5 heterocycles. The standard InChI is InChI=1S/C24H29N5OS/c1-17(30)13-19-6-5-18(15-25-19)21-14-23-22(16-26-21)27-24(31-23)29-11-7-20(8-12-29)28-9-3-2-4-10-28/h5-6,14-16,20H,2-4,7-13H2,1H3. The van der Waals surface area contributed by atoms with Crippen LogP contribution >= 0.6 is 11.3 Å². The highest BCUT2D eigenvalue weighted by molar-refractivity contribution is 7.22. The number of likely N-dealkylation sites (tertiary alicyclic amines) is 1. The number of ketones is 1. The molecule has 7 heteroatoms. The zero-order valence-electron chi connectivity index (χ0n) is 18.1. The molecule has 2 saturated heterocycles. The van der Waals surface area contributed by atoms with Crippen molar-refractivity contribution in [2.24, 2.45) is 0 Å². The van der Waals surface area contributed by atoms with Crippen LogP contribution in [0.5, 0.6) is 0 Å². The van der Waals surface area contributed by atoms with Crippen molar-refractivity contribution in [1.82, 2.24) is 19.9 Å². The van der Waals surface area contributed by atoms with Crippen molar-refractivity contribution in [2.45, 2.75) is 51.5 Å². The average molecular weight is 436 g/mol. The van der Waals surface area contributed by atoms with E-state index in [1.54, 1.807) is 24.5 Å². The molecule has 162 valence electrons. The summed E-state index contributed by atoms with van der Waals surface area (Å²) in [6, 6.07) is 6.76. The molecule has 0 amide bonds. The zero-order chi connectivity index (χ0) is 21.2. The molecule has 0 saturated carbocycles. The molecule has 5 rings (SSSR count). The van der Waals surface area contributed by atoms with Crippen molar-refractivity contribution in [1.29, 1.82) is 0 Å². The molecule has 3 aromatic heterocycles. The Labute approximate surface area is 187 Å². The van der Waals surface area contributed by atoms with Gasteiger partial charge in [-0.25, -0.2) is 4.98 Å². The van der Waals surface area contributed by atoms with E-state index in [2.05, 4.69) is 25.8 Å². The Bertz CT molecular complexity index is 1050. The highest BCUT2D eigenvalue weighted by Crippen LogP contribution is 2.33. The molecule has 0 spiro atoms. The molecule has 6 nitrogen and oxygen atoms in total. The number of pyridine rings is 2. The van der Waals surface area contributed by atoms with Crippen LogP contribution in [0, 0.1) is 0 Å². The van der Waals surface area contributed by atoms with E-state index >= 15 is 0 Å². The van der Waals surface area contributed by atoms with Gasteiger partial charge >= 0.3 is 0 Å². The Hall–Kier alpha value is -2.38. The maximum Gasteiger partial charge on any atom is 0.186 e. The fraction of sp³-hybridized carbons (Fsp3) is 0.500. The Kier molecular flexibility index (Phi) is 5.96. The lowest BCUT2D eigenvalue weighted by Crippen LogP contribution is -2.46. The van der Waals surface area contributed by atoms with Crippen LogP contribution in [0.1, 0.15) is 44.7 Å². The molecule has 2 aliphatic heterocycles. The molecular weight excluding hydrogens is 406 g/mol. The second-order valence-corrected chi connectivity index (χ2v) is 9.77. The summed E-state index contributed by atoms with van der Waals surface area (Å²) in [7, 11) is 0. The minimum atomic E-state index is 0.122. The third-order valence-electron chi connectivity index (χ3n) is 6.46. The van der Waals surface area contributed by atoms with E-state index in [0.717, 1.165) is 51.4 Å². The maximum absolute atomic E-state index is 11.3. The van der Waals surface area contributed by atoms with E-state index in [9.17, 15) is 4.79 Å². The molecular formula is C24H29N5OS. The van der Waals surface area contributed by atoms with E-state index in [4.69, 9.17) is 4.98 Å². The first-order chi connectivity index (χ1) is 15.2. The third kappa shape index (κ3) is 4.62. The highest BCUT2D eigenvalue weighted by atomic mass is 32.1. The number of carbonyl (C=O) groups excluding carboxylic acids is 1. The molecule has 3 aromatic rings. The quantitative estimate of drug-likeness (QED) is 0.594. The first-order valence-corrected chi connectivity index (χ1v) is 12.2. The van der Waals surface area contributed by atoms with Crippen molar-refractivity contribution in [3.8, 4) is 11.3 Å². The molecule has 0 bridgehead atoms. The molecule has 31 heavy (non-hydrogen) atoms. The van der Waals surface area contributed by atoms with Crippen LogP contribution in [-0.4, -0.2) is 57.9 Å². The summed E-state index contributed by atoms with van der Waals surface area (Å²) in [4.78, 5) is 30.3. The van der Waals surface area contributed by atoms with Gasteiger partial charge in [0.25, 0.3) is 0 Å². The second-order valence-electron chi connectivity index (χ2n) is 8.77. The molecule has 0 unspecified atom stereocenters. The number of anilines is 1. The topological polar surface area (TPSA) is 62.2 Å². The Morgan fingerprint density at radius 3 is 2.58 bits per heavy atom. The molecule has 0 aliphatic carbocycles. The molecule has 0 N–H and O–H groups in total. The van der Waals surface area contributed by atoms with E-state index in [-0.39, 0.29) is 5.78 Å². The van der Waals surface area contributed by atoms with Crippen LogP contribution < -0.4 is 4.90 Å². The van der Waals surface area contributed by atoms with E-state index in [1.807, 2.05) is 18.3 Å². The minimum Gasteiger partial charge on any atom is -0.348 e. The molecule has 0 aromatic carbocycles. The van der Waals surface area contributed by atoms with E-state index in [0.29, 0.717) is 6.42 Å². The number of fused-ring (bicyclic) bond motifs is 1. The summed E-state index contributed by atoms with van der Waals surface area (Å²) >= 11 is 1.76. The summed E-state index contributed by atoms with van der Waals surface area (Å²) < 4.78 is 1.16. The molecule has 0 atom stereocenters.